The number of benzene rings is 1. The molecule has 0 saturated carbocycles. The molecule has 1 aliphatic heterocycles. The van der Waals surface area contributed by atoms with E-state index in [1.54, 1.807) is 0 Å². The van der Waals surface area contributed by atoms with Crippen molar-refractivity contribution in [3.63, 3.8) is 0 Å². The van der Waals surface area contributed by atoms with Gasteiger partial charge < -0.3 is 10.2 Å². The predicted molar refractivity (Wildman–Crippen MR) is 75.6 cm³/mol. The van der Waals surface area contributed by atoms with E-state index < -0.39 is 0 Å². The Bertz CT molecular complexity index is 421. The van der Waals surface area contributed by atoms with Gasteiger partial charge in [0.15, 0.2) is 0 Å². The molecule has 2 heteroatoms. The fourth-order valence-corrected chi connectivity index (χ4v) is 2.51. The van der Waals surface area contributed by atoms with Gasteiger partial charge in [0.1, 0.15) is 0 Å². The maximum absolute atomic E-state index is 3.18. The summed E-state index contributed by atoms with van der Waals surface area (Å²) in [5, 5.41) is 3.18. The lowest BCUT2D eigenvalue weighted by Crippen LogP contribution is -2.24. The maximum atomic E-state index is 3.18. The third-order valence-corrected chi connectivity index (χ3v) is 3.32. The monoisotopic (exact) mass is 230 g/mol. The van der Waals surface area contributed by atoms with Crippen molar-refractivity contribution in [2.75, 3.05) is 32.1 Å². The van der Waals surface area contributed by atoms with Crippen LogP contribution in [0.3, 0.4) is 0 Å². The fraction of sp³-hybridized carbons (Fsp3) is 0.467. The highest BCUT2D eigenvalue weighted by Crippen LogP contribution is 2.27. The van der Waals surface area contributed by atoms with Gasteiger partial charge in [-0.2, -0.15) is 0 Å². The van der Waals surface area contributed by atoms with Crippen molar-refractivity contribution in [1.29, 1.82) is 0 Å². The first-order valence-electron chi connectivity index (χ1n) is 6.36. The van der Waals surface area contributed by atoms with Gasteiger partial charge in [-0.15, -0.1) is 0 Å². The summed E-state index contributed by atoms with van der Waals surface area (Å²) in [5.41, 5.74) is 5.59. The molecule has 0 aliphatic carbocycles. The van der Waals surface area contributed by atoms with Gasteiger partial charge in [0.05, 0.1) is 0 Å². The topological polar surface area (TPSA) is 15.3 Å². The van der Waals surface area contributed by atoms with Crippen molar-refractivity contribution in [3.8, 4) is 0 Å². The molecular formula is C15H22N2. The molecule has 1 aromatic carbocycles. The molecule has 0 spiro atoms. The van der Waals surface area contributed by atoms with Gasteiger partial charge in [-0.25, -0.2) is 0 Å². The van der Waals surface area contributed by atoms with E-state index in [1.165, 1.54) is 41.8 Å². The number of anilines is 1. The minimum Gasteiger partial charge on any atom is -0.374 e. The van der Waals surface area contributed by atoms with Gasteiger partial charge in [0, 0.05) is 25.8 Å². The molecule has 1 aliphatic rings. The number of aryl methyl sites for hydroxylation is 1. The molecule has 0 bridgehead atoms. The summed E-state index contributed by atoms with van der Waals surface area (Å²) in [6.45, 7) is 4.31. The highest BCUT2D eigenvalue weighted by molar-refractivity contribution is 5.62. The van der Waals surface area contributed by atoms with Crippen LogP contribution in [0.25, 0.3) is 6.08 Å². The molecule has 1 N–H and O–H groups in total. The lowest BCUT2D eigenvalue weighted by Gasteiger charge is -2.27. The summed E-state index contributed by atoms with van der Waals surface area (Å²) < 4.78 is 0. The van der Waals surface area contributed by atoms with E-state index in [0.29, 0.717) is 0 Å². The number of hydrogen-bond donors (Lipinski definition) is 1. The van der Waals surface area contributed by atoms with Gasteiger partial charge in [-0.3, -0.25) is 0 Å². The Morgan fingerprint density at radius 2 is 2.29 bits per heavy atom. The third kappa shape index (κ3) is 2.89. The first-order valence-corrected chi connectivity index (χ1v) is 6.36. The minimum absolute atomic E-state index is 0.955. The molecule has 0 fully saturated rings. The number of fused-ring (bicyclic) bond motifs is 1. The fourth-order valence-electron chi connectivity index (χ4n) is 2.51. The van der Waals surface area contributed by atoms with Crippen molar-refractivity contribution in [2.45, 2.75) is 19.8 Å². The molecule has 0 unspecified atom stereocenters. The van der Waals surface area contributed by atoms with Crippen molar-refractivity contribution in [1.82, 2.24) is 5.32 Å². The molecule has 17 heavy (non-hydrogen) atoms. The van der Waals surface area contributed by atoms with Crippen molar-refractivity contribution in [3.05, 3.63) is 34.9 Å². The van der Waals surface area contributed by atoms with E-state index in [0.717, 1.165) is 6.54 Å². The summed E-state index contributed by atoms with van der Waals surface area (Å²) in [6.07, 6.45) is 4.75. The lowest BCUT2D eigenvalue weighted by molar-refractivity contribution is 0.744. The minimum atomic E-state index is 0.955. The lowest BCUT2D eigenvalue weighted by atomic mass is 9.99. The Morgan fingerprint density at radius 1 is 1.47 bits per heavy atom. The molecule has 0 amide bonds. The molecule has 92 valence electrons. The summed E-state index contributed by atoms with van der Waals surface area (Å²) in [5.74, 6) is 0. The summed E-state index contributed by atoms with van der Waals surface area (Å²) >= 11 is 0. The Hall–Kier alpha value is -1.28. The van der Waals surface area contributed by atoms with Gasteiger partial charge in [-0.05, 0) is 50.1 Å². The Kier molecular flexibility index (Phi) is 3.85. The zero-order valence-corrected chi connectivity index (χ0v) is 11.1. The smallest absolute Gasteiger partial charge is 0.0396 e. The number of likely N-dealkylation sites (N-methyl/N-ethyl adjacent to an activating group) is 1. The van der Waals surface area contributed by atoms with Crippen LogP contribution in [-0.2, 0) is 6.42 Å². The van der Waals surface area contributed by atoms with Crippen LogP contribution in [0.2, 0.25) is 0 Å². The predicted octanol–water partition coefficient (Wildman–Crippen LogP) is 2.69. The van der Waals surface area contributed by atoms with Crippen LogP contribution in [0.1, 0.15) is 24.5 Å². The van der Waals surface area contributed by atoms with E-state index in [4.69, 9.17) is 0 Å². The zero-order valence-electron chi connectivity index (χ0n) is 11.1. The van der Waals surface area contributed by atoms with Gasteiger partial charge in [0.2, 0.25) is 0 Å². The molecule has 0 atom stereocenters. The SMILES string of the molecule is CNCC(C)=Cc1ccc2c(c1)CCCN2C. The quantitative estimate of drug-likeness (QED) is 0.859. The Morgan fingerprint density at radius 3 is 3.06 bits per heavy atom. The zero-order chi connectivity index (χ0) is 12.3. The largest absolute Gasteiger partial charge is 0.374 e. The van der Waals surface area contributed by atoms with Gasteiger partial charge in [0.25, 0.3) is 0 Å². The van der Waals surface area contributed by atoms with Crippen LogP contribution >= 0.6 is 0 Å². The van der Waals surface area contributed by atoms with Crippen LogP contribution in [-0.4, -0.2) is 27.2 Å². The second kappa shape index (κ2) is 5.37. The second-order valence-corrected chi connectivity index (χ2v) is 4.93. The van der Waals surface area contributed by atoms with Crippen LogP contribution in [0, 0.1) is 0 Å². The Balaban J connectivity index is 2.24. The van der Waals surface area contributed by atoms with Crippen molar-refractivity contribution in [2.24, 2.45) is 0 Å². The molecule has 0 radical (unpaired) electrons. The van der Waals surface area contributed by atoms with Gasteiger partial charge >= 0.3 is 0 Å². The molecule has 0 saturated heterocycles. The van der Waals surface area contributed by atoms with E-state index in [1.807, 2.05) is 7.05 Å². The highest BCUT2D eigenvalue weighted by Gasteiger charge is 2.12. The summed E-state index contributed by atoms with van der Waals surface area (Å²) in [4.78, 5) is 2.35. The molecule has 1 heterocycles. The van der Waals surface area contributed by atoms with Gasteiger partial charge in [-0.1, -0.05) is 17.7 Å². The molecule has 2 rings (SSSR count). The number of nitrogens with zero attached hydrogens (tertiary/aromatic N) is 1. The van der Waals surface area contributed by atoms with Crippen LogP contribution < -0.4 is 10.2 Å². The average Bonchev–Trinajstić information content (AvgIpc) is 2.29. The van der Waals surface area contributed by atoms with E-state index in [2.05, 4.69) is 48.5 Å². The van der Waals surface area contributed by atoms with Crippen molar-refractivity contribution < 1.29 is 0 Å². The molecule has 0 aromatic heterocycles. The first kappa shape index (κ1) is 12.2. The van der Waals surface area contributed by atoms with Crippen LogP contribution in [0.5, 0.6) is 0 Å². The average molecular weight is 230 g/mol. The number of rotatable bonds is 3. The van der Waals surface area contributed by atoms with Crippen molar-refractivity contribution >= 4 is 11.8 Å². The first-order chi connectivity index (χ1) is 8.20. The molecule has 2 nitrogen and oxygen atoms in total. The standard InChI is InChI=1S/C15H22N2/c1-12(11-16-2)9-13-6-7-15-14(10-13)5-4-8-17(15)3/h6-7,9-10,16H,4-5,8,11H2,1-3H3. The number of hydrogen-bond acceptors (Lipinski definition) is 2. The maximum Gasteiger partial charge on any atom is 0.0396 e. The second-order valence-electron chi connectivity index (χ2n) is 4.93. The van der Waals surface area contributed by atoms with Crippen LogP contribution in [0.4, 0.5) is 5.69 Å². The third-order valence-electron chi connectivity index (χ3n) is 3.32. The van der Waals surface area contributed by atoms with E-state index in [-0.39, 0.29) is 0 Å². The van der Waals surface area contributed by atoms with E-state index in [9.17, 15) is 0 Å². The summed E-state index contributed by atoms with van der Waals surface area (Å²) in [6, 6.07) is 6.82. The molecular weight excluding hydrogens is 208 g/mol. The molecule has 1 aromatic rings. The normalized spacial score (nSPS) is 15.9. The summed E-state index contributed by atoms with van der Waals surface area (Å²) in [7, 11) is 4.17. The van der Waals surface area contributed by atoms with E-state index >= 15 is 0 Å². The van der Waals surface area contributed by atoms with Crippen LogP contribution in [0.15, 0.2) is 23.8 Å². The Labute approximate surface area is 104 Å². The number of nitrogens with one attached hydrogen (secondary N) is 1. The highest BCUT2D eigenvalue weighted by atomic mass is 15.1.